The number of nitrogens with two attached hydrogens (primary N) is 1. The fourth-order valence-corrected chi connectivity index (χ4v) is 1.90. The van der Waals surface area contributed by atoms with Gasteiger partial charge in [0.25, 0.3) is 0 Å². The summed E-state index contributed by atoms with van der Waals surface area (Å²) in [7, 11) is 1.50. The molecule has 0 aliphatic carbocycles. The van der Waals surface area contributed by atoms with Gasteiger partial charge in [0.05, 0.1) is 18.9 Å². The molecular weight excluding hydrogens is 297 g/mol. The summed E-state index contributed by atoms with van der Waals surface area (Å²) in [6.07, 6.45) is -1.92. The van der Waals surface area contributed by atoms with Crippen LogP contribution in [0.1, 0.15) is 24.2 Å². The van der Waals surface area contributed by atoms with Crippen LogP contribution in [0.15, 0.2) is 36.7 Å². The van der Waals surface area contributed by atoms with Crippen LogP contribution in [0.25, 0.3) is 0 Å². The number of pyridine rings is 1. The Balaban J connectivity index is 2.23. The Kier molecular flexibility index (Phi) is 4.44. The standard InChI is InChI=1S/C15H15F3N2O2/c1-9(10-5-12(21-2)8-20-7-10)22-11-3-4-14(19)13(6-11)15(16,17)18/h3-9H,19H2,1-2H3. The Morgan fingerprint density at radius 1 is 1.14 bits per heavy atom. The first kappa shape index (κ1) is 15.9. The molecule has 0 radical (unpaired) electrons. The summed E-state index contributed by atoms with van der Waals surface area (Å²) in [4.78, 5) is 3.98. The van der Waals surface area contributed by atoms with E-state index in [1.54, 1.807) is 19.2 Å². The summed E-state index contributed by atoms with van der Waals surface area (Å²) in [5.41, 5.74) is 4.79. The molecule has 4 nitrogen and oxygen atoms in total. The third-order valence-electron chi connectivity index (χ3n) is 3.08. The molecule has 0 saturated heterocycles. The summed E-state index contributed by atoms with van der Waals surface area (Å²) in [5, 5.41) is 0. The fourth-order valence-electron chi connectivity index (χ4n) is 1.90. The SMILES string of the molecule is COc1cncc(C(C)Oc2ccc(N)c(C(F)(F)F)c2)c1. The van der Waals surface area contributed by atoms with Gasteiger partial charge in [-0.05, 0) is 31.2 Å². The molecule has 1 atom stereocenters. The summed E-state index contributed by atoms with van der Waals surface area (Å²) < 4.78 is 49.1. The van der Waals surface area contributed by atoms with Crippen molar-refractivity contribution in [3.05, 3.63) is 47.8 Å². The molecule has 1 aromatic carbocycles. The summed E-state index contributed by atoms with van der Waals surface area (Å²) in [6, 6.07) is 5.17. The highest BCUT2D eigenvalue weighted by Crippen LogP contribution is 2.36. The third-order valence-corrected chi connectivity index (χ3v) is 3.08. The number of ether oxygens (including phenoxy) is 2. The van der Waals surface area contributed by atoms with Crippen LogP contribution < -0.4 is 15.2 Å². The second kappa shape index (κ2) is 6.13. The average Bonchev–Trinajstić information content (AvgIpc) is 2.48. The number of halogens is 3. The zero-order valence-electron chi connectivity index (χ0n) is 12.0. The summed E-state index contributed by atoms with van der Waals surface area (Å²) >= 11 is 0. The molecule has 1 heterocycles. The average molecular weight is 312 g/mol. The van der Waals surface area contributed by atoms with Crippen LogP contribution in [0, 0.1) is 0 Å². The molecule has 0 saturated carbocycles. The van der Waals surface area contributed by atoms with Crippen LogP contribution in [-0.2, 0) is 6.18 Å². The molecule has 0 aliphatic heterocycles. The van der Waals surface area contributed by atoms with Crippen LogP contribution in [0.2, 0.25) is 0 Å². The first-order valence-corrected chi connectivity index (χ1v) is 6.43. The van der Waals surface area contributed by atoms with Crippen molar-refractivity contribution in [2.75, 3.05) is 12.8 Å². The number of nitrogens with zero attached hydrogens (tertiary/aromatic N) is 1. The number of rotatable bonds is 4. The molecule has 1 unspecified atom stereocenters. The van der Waals surface area contributed by atoms with Gasteiger partial charge in [0.1, 0.15) is 17.6 Å². The van der Waals surface area contributed by atoms with Crippen LogP contribution in [-0.4, -0.2) is 12.1 Å². The van der Waals surface area contributed by atoms with Gasteiger partial charge in [-0.25, -0.2) is 0 Å². The van der Waals surface area contributed by atoms with Crippen molar-refractivity contribution >= 4 is 5.69 Å². The quantitative estimate of drug-likeness (QED) is 0.872. The fraction of sp³-hybridized carbons (Fsp3) is 0.267. The van der Waals surface area contributed by atoms with Crippen LogP contribution in [0.5, 0.6) is 11.5 Å². The summed E-state index contributed by atoms with van der Waals surface area (Å²) in [5.74, 6) is 0.623. The Labute approximate surface area is 125 Å². The van der Waals surface area contributed by atoms with Crippen molar-refractivity contribution in [3.8, 4) is 11.5 Å². The minimum Gasteiger partial charge on any atom is -0.495 e. The maximum Gasteiger partial charge on any atom is 0.418 e. The molecule has 2 aromatic rings. The van der Waals surface area contributed by atoms with E-state index in [-0.39, 0.29) is 11.4 Å². The third kappa shape index (κ3) is 3.60. The smallest absolute Gasteiger partial charge is 0.418 e. The molecule has 2 rings (SSSR count). The first-order valence-electron chi connectivity index (χ1n) is 6.43. The molecule has 118 valence electrons. The van der Waals surface area contributed by atoms with Gasteiger partial charge >= 0.3 is 6.18 Å². The van der Waals surface area contributed by atoms with E-state index in [2.05, 4.69) is 4.98 Å². The van der Waals surface area contributed by atoms with Crippen LogP contribution in [0.4, 0.5) is 18.9 Å². The molecule has 7 heteroatoms. The van der Waals surface area contributed by atoms with Crippen molar-refractivity contribution in [1.29, 1.82) is 0 Å². The Bertz CT molecular complexity index is 659. The lowest BCUT2D eigenvalue weighted by molar-refractivity contribution is -0.137. The summed E-state index contributed by atoms with van der Waals surface area (Å²) in [6.45, 7) is 1.71. The molecule has 2 N–H and O–H groups in total. The van der Waals surface area contributed by atoms with Crippen molar-refractivity contribution in [1.82, 2.24) is 4.98 Å². The Hall–Kier alpha value is -2.44. The first-order chi connectivity index (χ1) is 10.3. The van der Waals surface area contributed by atoms with Gasteiger partial charge in [-0.2, -0.15) is 13.2 Å². The number of aromatic nitrogens is 1. The van der Waals surface area contributed by atoms with E-state index in [0.29, 0.717) is 11.3 Å². The lowest BCUT2D eigenvalue weighted by Gasteiger charge is -2.17. The van der Waals surface area contributed by atoms with Crippen molar-refractivity contribution in [2.45, 2.75) is 19.2 Å². The minimum absolute atomic E-state index is 0.0804. The topological polar surface area (TPSA) is 57.4 Å². The molecule has 22 heavy (non-hydrogen) atoms. The molecule has 1 aromatic heterocycles. The minimum atomic E-state index is -4.52. The van der Waals surface area contributed by atoms with E-state index in [0.717, 1.165) is 6.07 Å². The number of anilines is 1. The predicted octanol–water partition coefficient (Wildman–Crippen LogP) is 3.83. The van der Waals surface area contributed by atoms with E-state index >= 15 is 0 Å². The van der Waals surface area contributed by atoms with E-state index < -0.39 is 17.8 Å². The zero-order valence-corrected chi connectivity index (χ0v) is 12.0. The van der Waals surface area contributed by atoms with E-state index in [9.17, 15) is 13.2 Å². The van der Waals surface area contributed by atoms with Crippen LogP contribution in [0.3, 0.4) is 0 Å². The highest BCUT2D eigenvalue weighted by Gasteiger charge is 2.33. The van der Waals surface area contributed by atoms with E-state index in [1.165, 1.54) is 25.4 Å². The van der Waals surface area contributed by atoms with Crippen molar-refractivity contribution in [2.24, 2.45) is 0 Å². The number of hydrogen-bond donors (Lipinski definition) is 1. The molecule has 0 amide bonds. The number of nitrogen functional groups attached to an aromatic ring is 1. The number of methoxy groups -OCH3 is 1. The molecular formula is C15H15F3N2O2. The van der Waals surface area contributed by atoms with Gasteiger partial charge in [-0.15, -0.1) is 0 Å². The molecule has 0 bridgehead atoms. The second-order valence-electron chi connectivity index (χ2n) is 4.66. The lowest BCUT2D eigenvalue weighted by Crippen LogP contribution is -2.10. The van der Waals surface area contributed by atoms with E-state index in [1.807, 2.05) is 0 Å². The van der Waals surface area contributed by atoms with Gasteiger partial charge in [0.2, 0.25) is 0 Å². The second-order valence-corrected chi connectivity index (χ2v) is 4.66. The maximum absolute atomic E-state index is 12.8. The predicted molar refractivity (Wildman–Crippen MR) is 75.7 cm³/mol. The molecule has 0 spiro atoms. The number of hydrogen-bond acceptors (Lipinski definition) is 4. The van der Waals surface area contributed by atoms with Gasteiger partial charge in [-0.3, -0.25) is 4.98 Å². The van der Waals surface area contributed by atoms with Gasteiger partial charge in [0, 0.05) is 17.4 Å². The van der Waals surface area contributed by atoms with Crippen LogP contribution >= 0.6 is 0 Å². The highest BCUT2D eigenvalue weighted by atomic mass is 19.4. The normalized spacial score (nSPS) is 12.8. The van der Waals surface area contributed by atoms with Gasteiger partial charge in [0.15, 0.2) is 0 Å². The highest BCUT2D eigenvalue weighted by molar-refractivity contribution is 5.52. The number of benzene rings is 1. The van der Waals surface area contributed by atoms with E-state index in [4.69, 9.17) is 15.2 Å². The van der Waals surface area contributed by atoms with Gasteiger partial charge in [-0.1, -0.05) is 0 Å². The van der Waals surface area contributed by atoms with Gasteiger partial charge < -0.3 is 15.2 Å². The molecule has 0 aliphatic rings. The zero-order chi connectivity index (χ0) is 16.3. The Morgan fingerprint density at radius 3 is 2.50 bits per heavy atom. The van der Waals surface area contributed by atoms with Crippen molar-refractivity contribution in [3.63, 3.8) is 0 Å². The number of alkyl halides is 3. The largest absolute Gasteiger partial charge is 0.495 e. The maximum atomic E-state index is 12.8. The lowest BCUT2D eigenvalue weighted by atomic mass is 10.1. The monoisotopic (exact) mass is 312 g/mol. The molecule has 0 fully saturated rings. The van der Waals surface area contributed by atoms with Crippen molar-refractivity contribution < 1.29 is 22.6 Å². The Morgan fingerprint density at radius 2 is 1.86 bits per heavy atom.